The Morgan fingerprint density at radius 1 is 1.23 bits per heavy atom. The number of hydrogen-bond donors (Lipinski definition) is 1. The van der Waals surface area contributed by atoms with Gasteiger partial charge in [0.05, 0.1) is 0 Å². The van der Waals surface area contributed by atoms with Gasteiger partial charge in [0, 0.05) is 0 Å². The molecule has 0 aromatic carbocycles. The molecule has 0 saturated heterocycles. The van der Waals surface area contributed by atoms with E-state index in [0.29, 0.717) is 10.8 Å². The van der Waals surface area contributed by atoms with Crippen molar-refractivity contribution < 1.29 is 0 Å². The molecule has 2 bridgehead atoms. The van der Waals surface area contributed by atoms with Crippen molar-refractivity contribution in [1.82, 2.24) is 0 Å². The zero-order chi connectivity index (χ0) is 9.53. The molecule has 2 aliphatic carbocycles. The van der Waals surface area contributed by atoms with E-state index in [9.17, 15) is 0 Å². The van der Waals surface area contributed by atoms with Crippen LogP contribution in [-0.2, 0) is 0 Å². The van der Waals surface area contributed by atoms with Gasteiger partial charge >= 0.3 is 0 Å². The van der Waals surface area contributed by atoms with E-state index in [4.69, 9.17) is 5.73 Å². The predicted molar refractivity (Wildman–Crippen MR) is 56.5 cm³/mol. The van der Waals surface area contributed by atoms with Gasteiger partial charge in [0.25, 0.3) is 0 Å². The maximum Gasteiger partial charge on any atom is -0.00771 e. The van der Waals surface area contributed by atoms with Crippen molar-refractivity contribution in [2.45, 2.75) is 52.4 Å². The number of nitrogens with two attached hydrogens (primary N) is 1. The molecule has 1 nitrogen and oxygen atoms in total. The molecule has 0 aromatic heterocycles. The Balaban J connectivity index is 2.12. The Hall–Kier alpha value is -0.0400. The van der Waals surface area contributed by atoms with E-state index in [1.807, 2.05) is 0 Å². The minimum atomic E-state index is 0.613. The second-order valence-electron chi connectivity index (χ2n) is 5.67. The van der Waals surface area contributed by atoms with Crippen molar-refractivity contribution in [1.29, 1.82) is 0 Å². The zero-order valence-electron chi connectivity index (χ0n) is 9.10. The van der Waals surface area contributed by atoms with E-state index in [1.165, 1.54) is 38.5 Å². The molecular formula is C12H23N. The van der Waals surface area contributed by atoms with Gasteiger partial charge in [-0.25, -0.2) is 0 Å². The van der Waals surface area contributed by atoms with Gasteiger partial charge in [-0.2, -0.15) is 0 Å². The van der Waals surface area contributed by atoms with E-state index in [1.54, 1.807) is 0 Å². The van der Waals surface area contributed by atoms with E-state index >= 15 is 0 Å². The van der Waals surface area contributed by atoms with Gasteiger partial charge in [-0.05, 0) is 61.8 Å². The van der Waals surface area contributed by atoms with Crippen LogP contribution in [0.1, 0.15) is 52.4 Å². The van der Waals surface area contributed by atoms with Crippen LogP contribution in [0.4, 0.5) is 0 Å². The summed E-state index contributed by atoms with van der Waals surface area (Å²) < 4.78 is 0. The molecule has 0 aliphatic heterocycles. The second-order valence-corrected chi connectivity index (χ2v) is 5.67. The number of hydrogen-bond acceptors (Lipinski definition) is 1. The smallest absolute Gasteiger partial charge is 0.00771 e. The largest absolute Gasteiger partial charge is 0.330 e. The van der Waals surface area contributed by atoms with Crippen LogP contribution in [0.25, 0.3) is 0 Å². The van der Waals surface area contributed by atoms with Gasteiger partial charge in [-0.3, -0.25) is 0 Å². The Morgan fingerprint density at radius 2 is 1.85 bits per heavy atom. The van der Waals surface area contributed by atoms with Crippen LogP contribution in [0.3, 0.4) is 0 Å². The lowest BCUT2D eigenvalue weighted by Gasteiger charge is -2.38. The van der Waals surface area contributed by atoms with E-state index < -0.39 is 0 Å². The lowest BCUT2D eigenvalue weighted by Crippen LogP contribution is -2.30. The molecule has 2 saturated carbocycles. The van der Waals surface area contributed by atoms with Gasteiger partial charge in [0.2, 0.25) is 0 Å². The van der Waals surface area contributed by atoms with Crippen LogP contribution >= 0.6 is 0 Å². The summed E-state index contributed by atoms with van der Waals surface area (Å²) in [6.45, 7) is 5.87. The molecule has 2 rings (SSSR count). The van der Waals surface area contributed by atoms with Gasteiger partial charge in [-0.1, -0.05) is 13.8 Å². The first-order chi connectivity index (χ1) is 6.12. The molecule has 0 radical (unpaired) electrons. The Bertz CT molecular complexity index is 187. The Labute approximate surface area is 82.1 Å². The predicted octanol–water partition coefficient (Wildman–Crippen LogP) is 2.94. The van der Waals surface area contributed by atoms with E-state index in [-0.39, 0.29) is 0 Å². The standard InChI is InChI=1S/C12H23N/c1-11(2)10-4-7-12(11,8-5-10)6-3-9-13/h10H,3-9,13H2,1-2H3. The SMILES string of the molecule is CC1(C)C2CCC1(CCCN)CC2. The molecular weight excluding hydrogens is 158 g/mol. The second kappa shape index (κ2) is 2.98. The third-order valence-corrected chi connectivity index (χ3v) is 5.19. The highest BCUT2D eigenvalue weighted by Crippen LogP contribution is 2.67. The summed E-state index contributed by atoms with van der Waals surface area (Å²) in [5.74, 6) is 1.02. The summed E-state index contributed by atoms with van der Waals surface area (Å²) in [5, 5.41) is 0. The lowest BCUT2D eigenvalue weighted by molar-refractivity contribution is 0.114. The minimum absolute atomic E-state index is 0.613. The highest BCUT2D eigenvalue weighted by Gasteiger charge is 2.57. The van der Waals surface area contributed by atoms with Crippen molar-refractivity contribution in [2.24, 2.45) is 22.5 Å². The highest BCUT2D eigenvalue weighted by molar-refractivity contribution is 5.07. The molecule has 13 heavy (non-hydrogen) atoms. The molecule has 0 atom stereocenters. The first-order valence-electron chi connectivity index (χ1n) is 5.82. The van der Waals surface area contributed by atoms with Crippen LogP contribution in [-0.4, -0.2) is 6.54 Å². The molecule has 2 fully saturated rings. The van der Waals surface area contributed by atoms with Crippen molar-refractivity contribution in [3.8, 4) is 0 Å². The van der Waals surface area contributed by atoms with Gasteiger partial charge < -0.3 is 5.73 Å². The summed E-state index contributed by atoms with van der Waals surface area (Å²) in [6, 6.07) is 0. The minimum Gasteiger partial charge on any atom is -0.330 e. The molecule has 0 aromatic rings. The van der Waals surface area contributed by atoms with Crippen LogP contribution < -0.4 is 5.73 Å². The van der Waals surface area contributed by atoms with Gasteiger partial charge in [0.15, 0.2) is 0 Å². The third kappa shape index (κ3) is 1.16. The first-order valence-corrected chi connectivity index (χ1v) is 5.82. The summed E-state index contributed by atoms with van der Waals surface area (Å²) in [6.07, 6.45) is 8.54. The van der Waals surface area contributed by atoms with Crippen molar-refractivity contribution in [2.75, 3.05) is 6.54 Å². The van der Waals surface area contributed by atoms with Crippen molar-refractivity contribution in [3.05, 3.63) is 0 Å². The van der Waals surface area contributed by atoms with Crippen LogP contribution in [0.2, 0.25) is 0 Å². The van der Waals surface area contributed by atoms with Crippen molar-refractivity contribution >= 4 is 0 Å². The maximum absolute atomic E-state index is 5.62. The van der Waals surface area contributed by atoms with E-state index in [2.05, 4.69) is 13.8 Å². The van der Waals surface area contributed by atoms with Crippen LogP contribution in [0, 0.1) is 16.7 Å². The molecule has 76 valence electrons. The summed E-state index contributed by atoms with van der Waals surface area (Å²) in [4.78, 5) is 0. The Kier molecular flexibility index (Phi) is 2.18. The molecule has 1 heteroatoms. The highest BCUT2D eigenvalue weighted by atomic mass is 14.6. The third-order valence-electron chi connectivity index (χ3n) is 5.19. The van der Waals surface area contributed by atoms with Gasteiger partial charge in [-0.15, -0.1) is 0 Å². The van der Waals surface area contributed by atoms with Crippen LogP contribution in [0.5, 0.6) is 0 Å². The average Bonchev–Trinajstić information content (AvgIpc) is 2.50. The summed E-state index contributed by atoms with van der Waals surface area (Å²) >= 11 is 0. The zero-order valence-corrected chi connectivity index (χ0v) is 9.10. The van der Waals surface area contributed by atoms with Gasteiger partial charge in [0.1, 0.15) is 0 Å². The van der Waals surface area contributed by atoms with Crippen molar-refractivity contribution in [3.63, 3.8) is 0 Å². The molecule has 0 unspecified atom stereocenters. The number of rotatable bonds is 3. The Morgan fingerprint density at radius 3 is 2.23 bits per heavy atom. The fourth-order valence-electron chi connectivity index (χ4n) is 3.98. The molecule has 2 N–H and O–H groups in total. The monoisotopic (exact) mass is 181 g/mol. The first kappa shape index (κ1) is 9.51. The quantitative estimate of drug-likeness (QED) is 0.711. The fourth-order valence-corrected chi connectivity index (χ4v) is 3.98. The normalized spacial score (nSPS) is 41.3. The number of fused-ring (bicyclic) bond motifs is 2. The molecule has 0 amide bonds. The lowest BCUT2D eigenvalue weighted by atomic mass is 9.67. The summed E-state index contributed by atoms with van der Waals surface area (Å²) in [5.41, 5.74) is 6.91. The molecule has 0 heterocycles. The van der Waals surface area contributed by atoms with Crippen LogP contribution in [0.15, 0.2) is 0 Å². The molecule has 0 spiro atoms. The maximum atomic E-state index is 5.62. The van der Waals surface area contributed by atoms with E-state index in [0.717, 1.165) is 12.5 Å². The fraction of sp³-hybridized carbons (Fsp3) is 1.00. The topological polar surface area (TPSA) is 26.0 Å². The summed E-state index contributed by atoms with van der Waals surface area (Å²) in [7, 11) is 0. The molecule has 2 aliphatic rings. The average molecular weight is 181 g/mol.